The van der Waals surface area contributed by atoms with Crippen LogP contribution < -0.4 is 18.9 Å². The van der Waals surface area contributed by atoms with Gasteiger partial charge >= 0.3 is 0 Å². The maximum atomic E-state index is 7.52. The highest BCUT2D eigenvalue weighted by atomic mass is 16.5. The number of fused-ring (bicyclic) bond motifs is 8. The third kappa shape index (κ3) is 4.36. The number of para-hydroxylation sites is 1. The van der Waals surface area contributed by atoms with Crippen LogP contribution in [-0.4, -0.2) is 14.2 Å². The molecule has 8 rings (SSSR count). The van der Waals surface area contributed by atoms with Crippen molar-refractivity contribution in [3.05, 3.63) is 155 Å². The lowest BCUT2D eigenvalue weighted by Gasteiger charge is -2.39. The van der Waals surface area contributed by atoms with E-state index in [1.165, 1.54) is 22.3 Å². The third-order valence-corrected chi connectivity index (χ3v) is 10.4. The Bertz CT molecular complexity index is 2160. The van der Waals surface area contributed by atoms with Gasteiger partial charge in [0, 0.05) is 27.5 Å². The van der Waals surface area contributed by atoms with Crippen LogP contribution in [0.15, 0.2) is 127 Å². The van der Waals surface area contributed by atoms with Gasteiger partial charge < -0.3 is 18.9 Å². The van der Waals surface area contributed by atoms with Gasteiger partial charge in [0.05, 0.1) is 14.2 Å². The van der Waals surface area contributed by atoms with E-state index in [1.54, 1.807) is 14.2 Å². The first-order valence-corrected chi connectivity index (χ1v) is 16.7. The maximum Gasteiger partial charge on any atom is 0.178 e. The second-order valence-corrected chi connectivity index (χ2v) is 12.6. The molecule has 2 aliphatic rings. The molecule has 1 heterocycles. The minimum absolute atomic E-state index is 0.158. The molecule has 0 radical (unpaired) electrons. The summed E-state index contributed by atoms with van der Waals surface area (Å²) < 4.78 is 25.4. The summed E-state index contributed by atoms with van der Waals surface area (Å²) in [5.74, 6) is 3.78. The Kier molecular flexibility index (Phi) is 7.25. The Labute approximate surface area is 282 Å². The minimum atomic E-state index is -0.888. The molecule has 1 atom stereocenters. The van der Waals surface area contributed by atoms with Crippen molar-refractivity contribution < 1.29 is 18.9 Å². The summed E-state index contributed by atoms with van der Waals surface area (Å²) >= 11 is 0. The predicted molar refractivity (Wildman–Crippen MR) is 194 cm³/mol. The molecule has 6 aromatic carbocycles. The molecule has 1 aliphatic carbocycles. The fourth-order valence-corrected chi connectivity index (χ4v) is 8.04. The van der Waals surface area contributed by atoms with Gasteiger partial charge in [0.2, 0.25) is 0 Å². The van der Waals surface area contributed by atoms with Crippen LogP contribution in [0.5, 0.6) is 28.7 Å². The van der Waals surface area contributed by atoms with E-state index < -0.39 is 5.60 Å². The van der Waals surface area contributed by atoms with Gasteiger partial charge in [-0.05, 0) is 83.0 Å². The molecule has 238 valence electrons. The molecule has 4 heteroatoms. The minimum Gasteiger partial charge on any atom is -0.493 e. The van der Waals surface area contributed by atoms with Gasteiger partial charge in [0.15, 0.2) is 17.1 Å². The van der Waals surface area contributed by atoms with Crippen LogP contribution in [0.3, 0.4) is 0 Å². The lowest BCUT2D eigenvalue weighted by Crippen LogP contribution is -2.35. The van der Waals surface area contributed by atoms with E-state index in [4.69, 9.17) is 18.9 Å². The topological polar surface area (TPSA) is 36.9 Å². The molecule has 0 saturated carbocycles. The van der Waals surface area contributed by atoms with Crippen LogP contribution in [0.4, 0.5) is 0 Å². The van der Waals surface area contributed by atoms with Crippen molar-refractivity contribution in [2.75, 3.05) is 14.2 Å². The molecule has 0 bridgehead atoms. The summed E-state index contributed by atoms with van der Waals surface area (Å²) in [6.07, 6.45) is 6.49. The van der Waals surface area contributed by atoms with Gasteiger partial charge in [-0.15, -0.1) is 0 Å². The third-order valence-electron chi connectivity index (χ3n) is 10.4. The summed E-state index contributed by atoms with van der Waals surface area (Å²) in [5, 5.41) is 2.09. The first-order chi connectivity index (χ1) is 23.6. The standard InChI is InChI=1S/C44H38O4/c1-5-43(6-2)37-20-14-13-19-33(37)40-35-27-38(45-3)39(46-4)28-36(35)42-34(41(40)43)25-26-44(48-42,29-15-9-7-10-16-29)30-21-23-32(24-22-30)47-31-17-11-8-12-18-31/h7-28H,5-6H2,1-4H3. The number of rotatable bonds is 8. The number of ether oxygens (including phenoxy) is 4. The smallest absolute Gasteiger partial charge is 0.178 e. The van der Waals surface area contributed by atoms with Crippen molar-refractivity contribution in [2.24, 2.45) is 0 Å². The number of benzene rings is 6. The van der Waals surface area contributed by atoms with Crippen molar-refractivity contribution in [3.8, 4) is 39.9 Å². The van der Waals surface area contributed by atoms with Crippen molar-refractivity contribution in [1.29, 1.82) is 0 Å². The van der Waals surface area contributed by atoms with Gasteiger partial charge in [-0.3, -0.25) is 0 Å². The van der Waals surface area contributed by atoms with E-state index in [0.717, 1.165) is 57.6 Å². The predicted octanol–water partition coefficient (Wildman–Crippen LogP) is 11.1. The highest BCUT2D eigenvalue weighted by Crippen LogP contribution is 2.61. The molecule has 0 fully saturated rings. The summed E-state index contributed by atoms with van der Waals surface area (Å²) in [6, 6.07) is 41.7. The van der Waals surface area contributed by atoms with E-state index in [-0.39, 0.29) is 5.41 Å². The van der Waals surface area contributed by atoms with Crippen molar-refractivity contribution in [2.45, 2.75) is 37.7 Å². The van der Waals surface area contributed by atoms with Crippen LogP contribution in [0.2, 0.25) is 0 Å². The molecule has 4 nitrogen and oxygen atoms in total. The molecule has 0 spiro atoms. The normalized spacial score (nSPS) is 16.8. The van der Waals surface area contributed by atoms with Gasteiger partial charge in [0.1, 0.15) is 17.2 Å². The van der Waals surface area contributed by atoms with E-state index in [1.807, 2.05) is 48.5 Å². The Hall–Kier alpha value is -5.48. The van der Waals surface area contributed by atoms with Crippen LogP contribution >= 0.6 is 0 Å². The molecule has 48 heavy (non-hydrogen) atoms. The molecule has 0 saturated heterocycles. The lowest BCUT2D eigenvalue weighted by molar-refractivity contribution is 0.163. The first-order valence-electron chi connectivity index (χ1n) is 16.7. The van der Waals surface area contributed by atoms with Crippen molar-refractivity contribution in [1.82, 2.24) is 0 Å². The average molecular weight is 631 g/mol. The quantitative estimate of drug-likeness (QED) is 0.168. The average Bonchev–Trinajstić information content (AvgIpc) is 3.46. The first kappa shape index (κ1) is 29.9. The number of hydrogen-bond acceptors (Lipinski definition) is 4. The molecule has 1 aliphatic heterocycles. The summed E-state index contributed by atoms with van der Waals surface area (Å²) in [7, 11) is 3.38. The van der Waals surface area contributed by atoms with Crippen molar-refractivity contribution >= 4 is 16.8 Å². The van der Waals surface area contributed by atoms with E-state index in [0.29, 0.717) is 11.5 Å². The maximum absolute atomic E-state index is 7.52. The fraction of sp³-hybridized carbons (Fsp3) is 0.182. The molecule has 1 unspecified atom stereocenters. The molecular weight excluding hydrogens is 592 g/mol. The van der Waals surface area contributed by atoms with Gasteiger partial charge in [-0.2, -0.15) is 0 Å². The zero-order chi connectivity index (χ0) is 32.9. The van der Waals surface area contributed by atoms with Crippen molar-refractivity contribution in [3.63, 3.8) is 0 Å². The van der Waals surface area contributed by atoms with Crippen LogP contribution in [0.1, 0.15) is 54.5 Å². The summed E-state index contributed by atoms with van der Waals surface area (Å²) in [6.45, 7) is 4.61. The summed E-state index contributed by atoms with van der Waals surface area (Å²) in [5.41, 5.74) is 7.36. The molecule has 6 aromatic rings. The van der Waals surface area contributed by atoms with Crippen LogP contribution in [0.25, 0.3) is 28.0 Å². The van der Waals surface area contributed by atoms with Gasteiger partial charge in [-0.25, -0.2) is 0 Å². The molecule has 0 N–H and O–H groups in total. The number of methoxy groups -OCH3 is 2. The highest BCUT2D eigenvalue weighted by Gasteiger charge is 2.47. The Morgan fingerprint density at radius 2 is 1.21 bits per heavy atom. The number of hydrogen-bond donors (Lipinski definition) is 0. The monoisotopic (exact) mass is 630 g/mol. The zero-order valence-electron chi connectivity index (χ0n) is 27.7. The summed E-state index contributed by atoms with van der Waals surface area (Å²) in [4.78, 5) is 0. The van der Waals surface area contributed by atoms with Gasteiger partial charge in [0.25, 0.3) is 0 Å². The largest absolute Gasteiger partial charge is 0.493 e. The Balaban J connectivity index is 1.39. The van der Waals surface area contributed by atoms with Crippen LogP contribution in [0, 0.1) is 0 Å². The Morgan fingerprint density at radius 1 is 0.625 bits per heavy atom. The van der Waals surface area contributed by atoms with E-state index >= 15 is 0 Å². The SMILES string of the molecule is CCC1(CC)c2ccccc2-c2c1c1c(c3cc(OC)c(OC)cc23)OC(c2ccccc2)(c2ccc(Oc3ccccc3)cc2)C=C1. The second kappa shape index (κ2) is 11.6. The molecule has 0 amide bonds. The lowest BCUT2D eigenvalue weighted by atomic mass is 9.71. The highest BCUT2D eigenvalue weighted by molar-refractivity contribution is 6.09. The van der Waals surface area contributed by atoms with E-state index in [2.05, 4.69) is 98.8 Å². The zero-order valence-corrected chi connectivity index (χ0v) is 27.7. The van der Waals surface area contributed by atoms with E-state index in [9.17, 15) is 0 Å². The van der Waals surface area contributed by atoms with Gasteiger partial charge in [-0.1, -0.05) is 105 Å². The Morgan fingerprint density at radius 3 is 1.88 bits per heavy atom. The molecule has 0 aromatic heterocycles. The van der Waals surface area contributed by atoms with Crippen LogP contribution in [-0.2, 0) is 11.0 Å². The fourth-order valence-electron chi connectivity index (χ4n) is 8.04. The molecular formula is C44H38O4. The second-order valence-electron chi connectivity index (χ2n) is 12.6.